The van der Waals surface area contributed by atoms with Crippen LogP contribution in [0.4, 0.5) is 0 Å². The molecular weight excluding hydrogens is 220 g/mol. The second-order valence-corrected chi connectivity index (χ2v) is 4.33. The number of carbonyl (C=O) groups excluding carboxylic acids is 2. The predicted octanol–water partition coefficient (Wildman–Crippen LogP) is 0.690. The van der Waals surface area contributed by atoms with Gasteiger partial charge in [-0.25, -0.2) is 0 Å². The van der Waals surface area contributed by atoms with Gasteiger partial charge in [0, 0.05) is 25.6 Å². The molecule has 0 aromatic rings. The zero-order valence-corrected chi connectivity index (χ0v) is 11.2. The summed E-state index contributed by atoms with van der Waals surface area (Å²) in [6, 6.07) is 0.168. The summed E-state index contributed by atoms with van der Waals surface area (Å²) in [5.41, 5.74) is 0. The molecule has 0 saturated heterocycles. The lowest BCUT2D eigenvalue weighted by molar-refractivity contribution is -0.147. The normalized spacial score (nSPS) is 12.3. The Kier molecular flexibility index (Phi) is 8.40. The first-order chi connectivity index (χ1) is 7.97. The smallest absolute Gasteiger partial charge is 0.309 e. The van der Waals surface area contributed by atoms with Crippen LogP contribution in [0.1, 0.15) is 34.1 Å². The molecule has 2 N–H and O–H groups in total. The molecule has 1 atom stereocenters. The number of carbonyl (C=O) groups is 2. The minimum absolute atomic E-state index is 0.0243. The standard InChI is InChI=1S/C12H24N2O3/c1-5-17-12(16)10(4)8-13-7-6-11(15)14-9(2)3/h9-10,13H,5-8H2,1-4H3,(H,14,15). The molecule has 0 spiro atoms. The van der Waals surface area contributed by atoms with Gasteiger partial charge < -0.3 is 15.4 Å². The van der Waals surface area contributed by atoms with E-state index in [0.29, 0.717) is 26.1 Å². The van der Waals surface area contributed by atoms with Crippen molar-refractivity contribution >= 4 is 11.9 Å². The summed E-state index contributed by atoms with van der Waals surface area (Å²) in [6.07, 6.45) is 0.424. The number of hydrogen-bond acceptors (Lipinski definition) is 4. The first-order valence-electron chi connectivity index (χ1n) is 6.14. The number of hydrogen-bond donors (Lipinski definition) is 2. The molecule has 5 heteroatoms. The molecule has 0 aliphatic heterocycles. The maximum Gasteiger partial charge on any atom is 0.309 e. The van der Waals surface area contributed by atoms with Gasteiger partial charge in [0.1, 0.15) is 0 Å². The van der Waals surface area contributed by atoms with Gasteiger partial charge in [-0.05, 0) is 20.8 Å². The topological polar surface area (TPSA) is 67.4 Å². The number of ether oxygens (including phenoxy) is 1. The molecule has 100 valence electrons. The average Bonchev–Trinajstić information content (AvgIpc) is 2.23. The van der Waals surface area contributed by atoms with E-state index < -0.39 is 0 Å². The second kappa shape index (κ2) is 8.98. The van der Waals surface area contributed by atoms with Gasteiger partial charge in [-0.3, -0.25) is 9.59 Å². The van der Waals surface area contributed by atoms with Crippen LogP contribution in [0.2, 0.25) is 0 Å². The van der Waals surface area contributed by atoms with E-state index in [-0.39, 0.29) is 23.8 Å². The van der Waals surface area contributed by atoms with Crippen molar-refractivity contribution in [3.63, 3.8) is 0 Å². The fourth-order valence-electron chi connectivity index (χ4n) is 1.28. The summed E-state index contributed by atoms with van der Waals surface area (Å²) in [5, 5.41) is 5.87. The quantitative estimate of drug-likeness (QED) is 0.487. The lowest BCUT2D eigenvalue weighted by Gasteiger charge is -2.12. The largest absolute Gasteiger partial charge is 0.466 e. The molecule has 0 fully saturated rings. The Labute approximate surface area is 103 Å². The van der Waals surface area contributed by atoms with E-state index in [1.165, 1.54) is 0 Å². The molecule has 1 amide bonds. The van der Waals surface area contributed by atoms with Crippen LogP contribution < -0.4 is 10.6 Å². The van der Waals surface area contributed by atoms with E-state index >= 15 is 0 Å². The third-order valence-electron chi connectivity index (χ3n) is 2.12. The van der Waals surface area contributed by atoms with Crippen molar-refractivity contribution in [1.29, 1.82) is 0 Å². The average molecular weight is 244 g/mol. The molecule has 0 rings (SSSR count). The van der Waals surface area contributed by atoms with Gasteiger partial charge in [0.2, 0.25) is 5.91 Å². The lowest BCUT2D eigenvalue weighted by Crippen LogP contribution is -2.34. The molecule has 1 unspecified atom stereocenters. The van der Waals surface area contributed by atoms with Gasteiger partial charge in [-0.15, -0.1) is 0 Å². The zero-order valence-electron chi connectivity index (χ0n) is 11.2. The maximum absolute atomic E-state index is 11.3. The van der Waals surface area contributed by atoms with Gasteiger partial charge >= 0.3 is 5.97 Å². The molecule has 0 aromatic carbocycles. The Morgan fingerprint density at radius 1 is 1.24 bits per heavy atom. The van der Waals surface area contributed by atoms with Crippen LogP contribution in [-0.2, 0) is 14.3 Å². The van der Waals surface area contributed by atoms with Crippen molar-refractivity contribution < 1.29 is 14.3 Å². The van der Waals surface area contributed by atoms with Crippen molar-refractivity contribution in [3.05, 3.63) is 0 Å². The van der Waals surface area contributed by atoms with Gasteiger partial charge in [-0.1, -0.05) is 6.92 Å². The van der Waals surface area contributed by atoms with Crippen LogP contribution in [0.3, 0.4) is 0 Å². The second-order valence-electron chi connectivity index (χ2n) is 4.33. The molecule has 0 aromatic heterocycles. The fraction of sp³-hybridized carbons (Fsp3) is 0.833. The number of amides is 1. The molecule has 0 heterocycles. The summed E-state index contributed by atoms with van der Waals surface area (Å²) >= 11 is 0. The molecule has 0 aliphatic carbocycles. The molecule has 0 bridgehead atoms. The van der Waals surface area contributed by atoms with Crippen LogP contribution in [0, 0.1) is 5.92 Å². The van der Waals surface area contributed by atoms with E-state index in [1.54, 1.807) is 13.8 Å². The molecule has 0 radical (unpaired) electrons. The van der Waals surface area contributed by atoms with Crippen molar-refractivity contribution in [2.24, 2.45) is 5.92 Å². The molecule has 5 nitrogen and oxygen atoms in total. The first-order valence-corrected chi connectivity index (χ1v) is 6.14. The van der Waals surface area contributed by atoms with E-state index in [1.807, 2.05) is 13.8 Å². The third kappa shape index (κ3) is 8.68. The number of nitrogens with one attached hydrogen (secondary N) is 2. The SMILES string of the molecule is CCOC(=O)C(C)CNCCC(=O)NC(C)C. The Bertz CT molecular complexity index is 242. The molecule has 0 saturated carbocycles. The molecule has 0 aliphatic rings. The van der Waals surface area contributed by atoms with Crippen molar-refractivity contribution in [2.75, 3.05) is 19.7 Å². The van der Waals surface area contributed by atoms with E-state index in [0.717, 1.165) is 0 Å². The minimum Gasteiger partial charge on any atom is -0.466 e. The van der Waals surface area contributed by atoms with Crippen LogP contribution in [0.25, 0.3) is 0 Å². The predicted molar refractivity (Wildman–Crippen MR) is 66.6 cm³/mol. The Morgan fingerprint density at radius 3 is 2.41 bits per heavy atom. The summed E-state index contributed by atoms with van der Waals surface area (Å²) in [5.74, 6) is -0.356. The summed E-state index contributed by atoms with van der Waals surface area (Å²) in [7, 11) is 0. The zero-order chi connectivity index (χ0) is 13.3. The highest BCUT2D eigenvalue weighted by molar-refractivity contribution is 5.76. The first kappa shape index (κ1) is 15.9. The lowest BCUT2D eigenvalue weighted by atomic mass is 10.2. The fourth-order valence-corrected chi connectivity index (χ4v) is 1.28. The van der Waals surface area contributed by atoms with Gasteiger partial charge in [0.25, 0.3) is 0 Å². The van der Waals surface area contributed by atoms with Gasteiger partial charge in [0.15, 0.2) is 0 Å². The summed E-state index contributed by atoms with van der Waals surface area (Å²) in [6.45, 7) is 8.95. The number of esters is 1. The van der Waals surface area contributed by atoms with Crippen LogP contribution in [-0.4, -0.2) is 37.6 Å². The van der Waals surface area contributed by atoms with Crippen molar-refractivity contribution in [1.82, 2.24) is 10.6 Å². The van der Waals surface area contributed by atoms with Crippen molar-refractivity contribution in [2.45, 2.75) is 40.2 Å². The summed E-state index contributed by atoms with van der Waals surface area (Å²) < 4.78 is 4.88. The van der Waals surface area contributed by atoms with Gasteiger partial charge in [0.05, 0.1) is 12.5 Å². The minimum atomic E-state index is -0.202. The number of rotatable bonds is 8. The van der Waals surface area contributed by atoms with Crippen molar-refractivity contribution in [3.8, 4) is 0 Å². The Hall–Kier alpha value is -1.10. The van der Waals surface area contributed by atoms with Crippen LogP contribution in [0.15, 0.2) is 0 Å². The van der Waals surface area contributed by atoms with Crippen LogP contribution >= 0.6 is 0 Å². The highest BCUT2D eigenvalue weighted by Crippen LogP contribution is 1.96. The van der Waals surface area contributed by atoms with Crippen LogP contribution in [0.5, 0.6) is 0 Å². The highest BCUT2D eigenvalue weighted by atomic mass is 16.5. The van der Waals surface area contributed by atoms with Gasteiger partial charge in [-0.2, -0.15) is 0 Å². The Balaban J connectivity index is 3.57. The van der Waals surface area contributed by atoms with E-state index in [4.69, 9.17) is 4.74 Å². The molecule has 17 heavy (non-hydrogen) atoms. The van der Waals surface area contributed by atoms with E-state index in [2.05, 4.69) is 10.6 Å². The molecular formula is C12H24N2O3. The summed E-state index contributed by atoms with van der Waals surface area (Å²) in [4.78, 5) is 22.6. The monoisotopic (exact) mass is 244 g/mol. The maximum atomic E-state index is 11.3. The Morgan fingerprint density at radius 2 is 1.88 bits per heavy atom. The van der Waals surface area contributed by atoms with E-state index in [9.17, 15) is 9.59 Å². The third-order valence-corrected chi connectivity index (χ3v) is 2.12. The highest BCUT2D eigenvalue weighted by Gasteiger charge is 2.13.